The van der Waals surface area contributed by atoms with Crippen molar-refractivity contribution in [3.63, 3.8) is 0 Å². The van der Waals surface area contributed by atoms with Crippen LogP contribution in [0.1, 0.15) is 6.92 Å². The minimum Gasteiger partial charge on any atom is -0.492 e. The third kappa shape index (κ3) is 3.90. The summed E-state index contributed by atoms with van der Waals surface area (Å²) in [6.45, 7) is 6.69. The molecule has 0 aliphatic carbocycles. The Hall–Kier alpha value is -2.34. The van der Waals surface area contributed by atoms with Crippen LogP contribution in [0.25, 0.3) is 0 Å². The Kier molecular flexibility index (Phi) is 4.92. The zero-order chi connectivity index (χ0) is 16.1. The van der Waals surface area contributed by atoms with E-state index < -0.39 is 0 Å². The molecule has 0 bridgehead atoms. The molecule has 1 aliphatic rings. The van der Waals surface area contributed by atoms with Gasteiger partial charge in [0.1, 0.15) is 11.6 Å². The van der Waals surface area contributed by atoms with Gasteiger partial charge in [-0.3, -0.25) is 0 Å². The number of para-hydroxylation sites is 2. The molecule has 2 heterocycles. The fraction of sp³-hybridized carbons (Fsp3) is 0.412. The van der Waals surface area contributed by atoms with E-state index in [0.717, 1.165) is 43.4 Å². The Balaban J connectivity index is 1.75. The Morgan fingerprint density at radius 3 is 2.70 bits per heavy atom. The summed E-state index contributed by atoms with van der Waals surface area (Å²) in [5.74, 6) is 2.36. The molecule has 23 heavy (non-hydrogen) atoms. The smallest absolute Gasteiger partial charge is 0.229 e. The highest BCUT2D eigenvalue weighted by Gasteiger charge is 2.16. The van der Waals surface area contributed by atoms with Crippen molar-refractivity contribution >= 4 is 17.5 Å². The summed E-state index contributed by atoms with van der Waals surface area (Å²) in [6, 6.07) is 9.80. The molecule has 0 amide bonds. The number of anilines is 3. The lowest BCUT2D eigenvalue weighted by Crippen LogP contribution is -2.44. The number of nitrogens with zero attached hydrogens (tertiary/aromatic N) is 4. The van der Waals surface area contributed by atoms with Gasteiger partial charge in [0.2, 0.25) is 5.95 Å². The standard InChI is InChI=1S/C17H23N5O/c1-3-23-15-7-5-4-6-14(15)19-17-18-9-8-16(20-17)22-12-10-21(2)11-13-22/h4-9H,3,10-13H2,1-2H3,(H,18,19,20). The fourth-order valence-corrected chi connectivity index (χ4v) is 2.59. The topological polar surface area (TPSA) is 53.5 Å². The zero-order valence-corrected chi connectivity index (χ0v) is 13.7. The molecule has 6 heteroatoms. The largest absolute Gasteiger partial charge is 0.492 e. The van der Waals surface area contributed by atoms with Crippen molar-refractivity contribution < 1.29 is 4.74 Å². The maximum absolute atomic E-state index is 5.63. The molecule has 122 valence electrons. The minimum atomic E-state index is 0.591. The van der Waals surface area contributed by atoms with Crippen LogP contribution in [-0.4, -0.2) is 54.7 Å². The van der Waals surface area contributed by atoms with Crippen molar-refractivity contribution in [1.82, 2.24) is 14.9 Å². The molecule has 0 spiro atoms. The van der Waals surface area contributed by atoms with E-state index in [9.17, 15) is 0 Å². The molecule has 1 aliphatic heterocycles. The van der Waals surface area contributed by atoms with Gasteiger partial charge >= 0.3 is 0 Å². The van der Waals surface area contributed by atoms with Crippen molar-refractivity contribution in [2.75, 3.05) is 50.1 Å². The van der Waals surface area contributed by atoms with Gasteiger partial charge in [-0.25, -0.2) is 4.98 Å². The normalized spacial score (nSPS) is 15.5. The lowest BCUT2D eigenvalue weighted by Gasteiger charge is -2.33. The lowest BCUT2D eigenvalue weighted by atomic mass is 10.3. The number of aromatic nitrogens is 2. The average Bonchev–Trinajstić information content (AvgIpc) is 2.58. The number of ether oxygens (including phenoxy) is 1. The second kappa shape index (κ2) is 7.28. The second-order valence-corrected chi connectivity index (χ2v) is 5.58. The summed E-state index contributed by atoms with van der Waals surface area (Å²) < 4.78 is 5.63. The summed E-state index contributed by atoms with van der Waals surface area (Å²) in [7, 11) is 2.15. The Bertz CT molecular complexity index is 640. The summed E-state index contributed by atoms with van der Waals surface area (Å²) in [6.07, 6.45) is 1.80. The van der Waals surface area contributed by atoms with Gasteiger partial charge in [0, 0.05) is 32.4 Å². The SMILES string of the molecule is CCOc1ccccc1Nc1nccc(N2CCN(C)CC2)n1. The fourth-order valence-electron chi connectivity index (χ4n) is 2.59. The number of nitrogens with one attached hydrogen (secondary N) is 1. The Labute approximate surface area is 137 Å². The van der Waals surface area contributed by atoms with E-state index in [2.05, 4.69) is 32.1 Å². The predicted octanol–water partition coefficient (Wildman–Crippen LogP) is 2.37. The van der Waals surface area contributed by atoms with Crippen LogP contribution in [0.4, 0.5) is 17.5 Å². The third-order valence-electron chi connectivity index (χ3n) is 3.90. The highest BCUT2D eigenvalue weighted by Crippen LogP contribution is 2.26. The van der Waals surface area contributed by atoms with Crippen LogP contribution >= 0.6 is 0 Å². The van der Waals surface area contributed by atoms with E-state index in [1.54, 1.807) is 6.20 Å². The van der Waals surface area contributed by atoms with E-state index in [4.69, 9.17) is 4.74 Å². The minimum absolute atomic E-state index is 0.591. The number of rotatable bonds is 5. The van der Waals surface area contributed by atoms with Gasteiger partial charge in [-0.2, -0.15) is 4.98 Å². The van der Waals surface area contributed by atoms with Gasteiger partial charge in [0.25, 0.3) is 0 Å². The van der Waals surface area contributed by atoms with Gasteiger partial charge in [-0.1, -0.05) is 12.1 Å². The average molecular weight is 313 g/mol. The third-order valence-corrected chi connectivity index (χ3v) is 3.90. The van der Waals surface area contributed by atoms with Crippen molar-refractivity contribution in [3.8, 4) is 5.75 Å². The van der Waals surface area contributed by atoms with Crippen LogP contribution in [0.15, 0.2) is 36.5 Å². The van der Waals surface area contributed by atoms with Crippen LogP contribution in [0.3, 0.4) is 0 Å². The lowest BCUT2D eigenvalue weighted by molar-refractivity contribution is 0.312. The summed E-state index contributed by atoms with van der Waals surface area (Å²) in [5, 5.41) is 3.26. The van der Waals surface area contributed by atoms with E-state index in [1.165, 1.54) is 0 Å². The molecule has 1 aromatic carbocycles. The highest BCUT2D eigenvalue weighted by molar-refractivity contribution is 5.63. The molecule has 0 saturated carbocycles. The van der Waals surface area contributed by atoms with Crippen molar-refractivity contribution in [2.45, 2.75) is 6.92 Å². The molecule has 6 nitrogen and oxygen atoms in total. The number of benzene rings is 1. The maximum atomic E-state index is 5.63. The van der Waals surface area contributed by atoms with Crippen molar-refractivity contribution in [2.24, 2.45) is 0 Å². The quantitative estimate of drug-likeness (QED) is 0.914. The Morgan fingerprint density at radius 1 is 1.13 bits per heavy atom. The summed E-state index contributed by atoms with van der Waals surface area (Å²) >= 11 is 0. The number of piperazine rings is 1. The maximum Gasteiger partial charge on any atom is 0.229 e. The molecule has 0 atom stereocenters. The molecule has 0 unspecified atom stereocenters. The van der Waals surface area contributed by atoms with E-state index in [-0.39, 0.29) is 0 Å². The molecule has 1 N–H and O–H groups in total. The first kappa shape index (κ1) is 15.6. The number of likely N-dealkylation sites (N-methyl/N-ethyl adjacent to an activating group) is 1. The van der Waals surface area contributed by atoms with Crippen molar-refractivity contribution in [3.05, 3.63) is 36.5 Å². The van der Waals surface area contributed by atoms with Crippen LogP contribution in [-0.2, 0) is 0 Å². The van der Waals surface area contributed by atoms with E-state index in [0.29, 0.717) is 12.6 Å². The molecule has 1 fully saturated rings. The van der Waals surface area contributed by atoms with E-state index >= 15 is 0 Å². The molecule has 1 saturated heterocycles. The Morgan fingerprint density at radius 2 is 1.91 bits per heavy atom. The molecular formula is C17H23N5O. The van der Waals surface area contributed by atoms with Crippen LogP contribution < -0.4 is 15.0 Å². The van der Waals surface area contributed by atoms with Crippen LogP contribution in [0, 0.1) is 0 Å². The van der Waals surface area contributed by atoms with Gasteiger partial charge in [0.05, 0.1) is 12.3 Å². The van der Waals surface area contributed by atoms with Gasteiger partial charge in [0.15, 0.2) is 0 Å². The predicted molar refractivity (Wildman–Crippen MR) is 92.6 cm³/mol. The van der Waals surface area contributed by atoms with E-state index in [1.807, 2.05) is 37.3 Å². The number of hydrogen-bond donors (Lipinski definition) is 1. The van der Waals surface area contributed by atoms with Crippen molar-refractivity contribution in [1.29, 1.82) is 0 Å². The second-order valence-electron chi connectivity index (χ2n) is 5.58. The summed E-state index contributed by atoms with van der Waals surface area (Å²) in [4.78, 5) is 13.6. The molecule has 0 radical (unpaired) electrons. The van der Waals surface area contributed by atoms with Crippen LogP contribution in [0.5, 0.6) is 5.75 Å². The zero-order valence-electron chi connectivity index (χ0n) is 13.7. The first-order chi connectivity index (χ1) is 11.3. The molecule has 1 aromatic heterocycles. The molecular weight excluding hydrogens is 290 g/mol. The van der Waals surface area contributed by atoms with Gasteiger partial charge in [-0.05, 0) is 32.2 Å². The first-order valence-electron chi connectivity index (χ1n) is 8.01. The molecule has 2 aromatic rings. The summed E-state index contributed by atoms with van der Waals surface area (Å²) in [5.41, 5.74) is 0.880. The first-order valence-corrected chi connectivity index (χ1v) is 8.01. The number of hydrogen-bond acceptors (Lipinski definition) is 6. The van der Waals surface area contributed by atoms with Crippen LogP contribution in [0.2, 0.25) is 0 Å². The molecule has 3 rings (SSSR count). The highest BCUT2D eigenvalue weighted by atomic mass is 16.5. The monoisotopic (exact) mass is 313 g/mol. The van der Waals surface area contributed by atoms with Gasteiger partial charge < -0.3 is 19.9 Å². The van der Waals surface area contributed by atoms with Gasteiger partial charge in [-0.15, -0.1) is 0 Å².